The molecule has 3 rings (SSSR count). The fraction of sp³-hybridized carbons (Fsp3) is 0.286. The van der Waals surface area contributed by atoms with Crippen LogP contribution in [0.5, 0.6) is 0 Å². The Morgan fingerprint density at radius 3 is 2.86 bits per heavy atom. The van der Waals surface area contributed by atoms with Gasteiger partial charge in [0.05, 0.1) is 27.4 Å². The molecule has 7 heteroatoms. The van der Waals surface area contributed by atoms with Gasteiger partial charge in [0, 0.05) is 17.1 Å². The lowest BCUT2D eigenvalue weighted by molar-refractivity contribution is 0.619. The van der Waals surface area contributed by atoms with Gasteiger partial charge in [-0.25, -0.2) is 14.4 Å². The first-order valence-corrected chi connectivity index (χ1v) is 8.49. The van der Waals surface area contributed by atoms with Crippen molar-refractivity contribution in [2.75, 3.05) is 0 Å². The van der Waals surface area contributed by atoms with Gasteiger partial charge in [-0.05, 0) is 35.8 Å². The molecule has 0 saturated carbocycles. The molecule has 0 saturated heterocycles. The molecule has 0 amide bonds. The summed E-state index contributed by atoms with van der Waals surface area (Å²) >= 11 is 10.9. The van der Waals surface area contributed by atoms with E-state index in [1.165, 1.54) is 6.07 Å². The second kappa shape index (κ2) is 5.66. The van der Waals surface area contributed by atoms with E-state index in [9.17, 15) is 4.39 Å². The third-order valence-electron chi connectivity index (χ3n) is 3.31. The lowest BCUT2D eigenvalue weighted by Crippen LogP contribution is -2.09. The fourth-order valence-electron chi connectivity index (χ4n) is 2.34. The van der Waals surface area contributed by atoms with Crippen molar-refractivity contribution in [1.29, 1.82) is 0 Å². The molecule has 0 aliphatic rings. The number of thiazole rings is 1. The van der Waals surface area contributed by atoms with E-state index in [0.717, 1.165) is 15.4 Å². The molecule has 0 N–H and O–H groups in total. The van der Waals surface area contributed by atoms with Gasteiger partial charge in [0.15, 0.2) is 0 Å². The number of aryl methyl sites for hydroxylation is 1. The first kappa shape index (κ1) is 14.9. The average molecular weight is 389 g/mol. The van der Waals surface area contributed by atoms with Crippen molar-refractivity contribution < 1.29 is 4.39 Å². The average Bonchev–Trinajstić information content (AvgIpc) is 3.02. The van der Waals surface area contributed by atoms with Crippen molar-refractivity contribution in [3.05, 3.63) is 44.3 Å². The van der Waals surface area contributed by atoms with Crippen LogP contribution in [0, 0.1) is 12.7 Å². The highest BCUT2D eigenvalue weighted by molar-refractivity contribution is 9.10. The number of rotatable bonds is 3. The third-order valence-corrected chi connectivity index (χ3v) is 5.24. The van der Waals surface area contributed by atoms with Crippen LogP contribution in [-0.2, 0) is 5.88 Å². The normalized spacial score (nSPS) is 13.0. The standard InChI is InChI=1S/C14H12BrClFN3S/c1-7-6-18-14(21-7)8(2)20-12-3-9(15)10(17)4-11(12)19-13(20)5-16/h3-4,6,8H,5H2,1-2H3. The van der Waals surface area contributed by atoms with Crippen LogP contribution in [0.2, 0.25) is 0 Å². The van der Waals surface area contributed by atoms with E-state index in [1.807, 2.05) is 24.6 Å². The zero-order chi connectivity index (χ0) is 15.1. The van der Waals surface area contributed by atoms with Gasteiger partial charge in [-0.3, -0.25) is 0 Å². The minimum absolute atomic E-state index is 0.000175. The molecule has 2 heterocycles. The number of imidazole rings is 1. The van der Waals surface area contributed by atoms with Gasteiger partial charge < -0.3 is 4.57 Å². The first-order valence-electron chi connectivity index (χ1n) is 6.35. The molecule has 1 aromatic carbocycles. The van der Waals surface area contributed by atoms with Crippen LogP contribution in [-0.4, -0.2) is 14.5 Å². The fourth-order valence-corrected chi connectivity index (χ4v) is 3.68. The highest BCUT2D eigenvalue weighted by atomic mass is 79.9. The molecule has 3 aromatic rings. The summed E-state index contributed by atoms with van der Waals surface area (Å²) in [4.78, 5) is 10.0. The van der Waals surface area contributed by atoms with Gasteiger partial charge >= 0.3 is 0 Å². The zero-order valence-corrected chi connectivity index (χ0v) is 14.6. The lowest BCUT2D eigenvalue weighted by atomic mass is 10.2. The molecule has 0 radical (unpaired) electrons. The van der Waals surface area contributed by atoms with Crippen LogP contribution in [0.25, 0.3) is 11.0 Å². The minimum Gasteiger partial charge on any atom is -0.317 e. The van der Waals surface area contributed by atoms with E-state index >= 15 is 0 Å². The summed E-state index contributed by atoms with van der Waals surface area (Å²) in [6.45, 7) is 4.07. The molecule has 0 fully saturated rings. The quantitative estimate of drug-likeness (QED) is 0.588. The molecule has 2 aromatic heterocycles. The Labute approximate surface area is 138 Å². The number of hydrogen-bond acceptors (Lipinski definition) is 3. The number of hydrogen-bond donors (Lipinski definition) is 0. The highest BCUT2D eigenvalue weighted by Crippen LogP contribution is 2.31. The van der Waals surface area contributed by atoms with Gasteiger partial charge in [-0.2, -0.15) is 0 Å². The molecule has 0 aliphatic carbocycles. The Kier molecular flexibility index (Phi) is 4.03. The summed E-state index contributed by atoms with van der Waals surface area (Å²) in [5.74, 6) is 0.651. The van der Waals surface area contributed by atoms with Crippen LogP contribution >= 0.6 is 38.9 Å². The summed E-state index contributed by atoms with van der Waals surface area (Å²) in [5, 5.41) is 0.985. The molecule has 110 valence electrons. The van der Waals surface area contributed by atoms with Crippen LogP contribution in [0.15, 0.2) is 22.8 Å². The molecule has 0 spiro atoms. The van der Waals surface area contributed by atoms with Crippen LogP contribution in [0.4, 0.5) is 4.39 Å². The smallest absolute Gasteiger partial charge is 0.139 e. The van der Waals surface area contributed by atoms with Crippen LogP contribution in [0.3, 0.4) is 0 Å². The summed E-state index contributed by atoms with van der Waals surface area (Å²) in [5.41, 5.74) is 1.45. The minimum atomic E-state index is -0.328. The molecule has 0 aliphatic heterocycles. The van der Waals surface area contributed by atoms with E-state index in [2.05, 4.69) is 25.9 Å². The van der Waals surface area contributed by atoms with Crippen molar-refractivity contribution in [2.24, 2.45) is 0 Å². The molecule has 3 nitrogen and oxygen atoms in total. The van der Waals surface area contributed by atoms with Gasteiger partial charge in [0.25, 0.3) is 0 Å². The zero-order valence-electron chi connectivity index (χ0n) is 11.4. The Morgan fingerprint density at radius 1 is 1.48 bits per heavy atom. The summed E-state index contributed by atoms with van der Waals surface area (Å²) in [6.07, 6.45) is 1.85. The van der Waals surface area contributed by atoms with Crippen LogP contribution < -0.4 is 0 Å². The predicted molar refractivity (Wildman–Crippen MR) is 87.6 cm³/mol. The summed E-state index contributed by atoms with van der Waals surface area (Å²) in [7, 11) is 0. The molecule has 1 unspecified atom stereocenters. The maximum Gasteiger partial charge on any atom is 0.139 e. The Balaban J connectivity index is 2.22. The maximum absolute atomic E-state index is 13.7. The number of benzene rings is 1. The molecule has 1 atom stereocenters. The van der Waals surface area contributed by atoms with Crippen LogP contribution in [0.1, 0.15) is 28.7 Å². The molecule has 0 bridgehead atoms. The van der Waals surface area contributed by atoms with E-state index in [0.29, 0.717) is 15.8 Å². The molecular formula is C14H12BrClFN3S. The second-order valence-corrected chi connectivity index (χ2v) is 7.16. The van der Waals surface area contributed by atoms with Crippen molar-refractivity contribution >= 4 is 49.9 Å². The summed E-state index contributed by atoms with van der Waals surface area (Å²) in [6, 6.07) is 3.16. The van der Waals surface area contributed by atoms with Gasteiger partial charge in [0.1, 0.15) is 16.6 Å². The second-order valence-electron chi connectivity index (χ2n) is 4.77. The van der Waals surface area contributed by atoms with Crippen molar-refractivity contribution in [3.8, 4) is 0 Å². The van der Waals surface area contributed by atoms with Crippen molar-refractivity contribution in [3.63, 3.8) is 0 Å². The topological polar surface area (TPSA) is 30.7 Å². The first-order chi connectivity index (χ1) is 10.0. The monoisotopic (exact) mass is 387 g/mol. The largest absolute Gasteiger partial charge is 0.317 e. The maximum atomic E-state index is 13.7. The highest BCUT2D eigenvalue weighted by Gasteiger charge is 2.20. The number of halogens is 3. The van der Waals surface area contributed by atoms with E-state index in [4.69, 9.17) is 11.6 Å². The number of nitrogens with zero attached hydrogens (tertiary/aromatic N) is 3. The van der Waals surface area contributed by atoms with Gasteiger partial charge in [-0.1, -0.05) is 0 Å². The van der Waals surface area contributed by atoms with Crippen molar-refractivity contribution in [2.45, 2.75) is 25.8 Å². The Morgan fingerprint density at radius 2 is 2.24 bits per heavy atom. The van der Waals surface area contributed by atoms with Gasteiger partial charge in [0.2, 0.25) is 0 Å². The number of fused-ring (bicyclic) bond motifs is 1. The third kappa shape index (κ3) is 2.60. The van der Waals surface area contributed by atoms with E-state index in [1.54, 1.807) is 17.4 Å². The lowest BCUT2D eigenvalue weighted by Gasteiger charge is -2.14. The van der Waals surface area contributed by atoms with Crippen molar-refractivity contribution in [1.82, 2.24) is 14.5 Å². The molecule has 21 heavy (non-hydrogen) atoms. The Hall–Kier alpha value is -0.980. The SMILES string of the molecule is Cc1cnc(C(C)n2c(CCl)nc3cc(F)c(Br)cc32)s1. The molecular weight excluding hydrogens is 377 g/mol. The van der Waals surface area contributed by atoms with Gasteiger partial charge in [-0.15, -0.1) is 22.9 Å². The number of alkyl halides is 1. The summed E-state index contributed by atoms with van der Waals surface area (Å²) < 4.78 is 16.1. The van der Waals surface area contributed by atoms with E-state index < -0.39 is 0 Å². The van der Waals surface area contributed by atoms with E-state index in [-0.39, 0.29) is 17.7 Å². The Bertz CT molecular complexity index is 814. The number of aromatic nitrogens is 3. The predicted octanol–water partition coefficient (Wildman–Crippen LogP) is 5.05.